The maximum absolute atomic E-state index is 15.0. The van der Waals surface area contributed by atoms with Crippen LogP contribution in [0.3, 0.4) is 0 Å². The lowest BCUT2D eigenvalue weighted by Gasteiger charge is -2.42. The van der Waals surface area contributed by atoms with Crippen LogP contribution < -0.4 is 4.90 Å². The average Bonchev–Trinajstić information content (AvgIpc) is 3.26. The van der Waals surface area contributed by atoms with Crippen molar-refractivity contribution < 1.29 is 23.1 Å². The first-order valence-corrected chi connectivity index (χ1v) is 13.1. The van der Waals surface area contributed by atoms with Gasteiger partial charge in [0.05, 0.1) is 6.61 Å². The summed E-state index contributed by atoms with van der Waals surface area (Å²) in [6.07, 6.45) is 1.25. The number of benzene rings is 3. The first-order chi connectivity index (χ1) is 18.8. The Balaban J connectivity index is 1.62. The Morgan fingerprint density at radius 3 is 2.44 bits per heavy atom. The molecule has 204 valence electrons. The van der Waals surface area contributed by atoms with Crippen LogP contribution in [0.1, 0.15) is 24.0 Å². The van der Waals surface area contributed by atoms with Crippen LogP contribution in [0.4, 0.5) is 23.7 Å². The van der Waals surface area contributed by atoms with Crippen molar-refractivity contribution in [3.05, 3.63) is 108 Å². The fraction of sp³-hybridized carbons (Fsp3) is 0.323. The van der Waals surface area contributed by atoms with Crippen molar-refractivity contribution >= 4 is 17.3 Å². The monoisotopic (exact) mass is 535 g/mol. The van der Waals surface area contributed by atoms with Crippen molar-refractivity contribution in [2.24, 2.45) is 0 Å². The maximum atomic E-state index is 15.0. The van der Waals surface area contributed by atoms with E-state index in [9.17, 15) is 23.1 Å². The largest absolute Gasteiger partial charge is 0.393 e. The molecule has 1 N–H and O–H groups in total. The normalized spacial score (nSPS) is 23.8. The third-order valence-corrected chi connectivity index (χ3v) is 7.73. The Hall–Kier alpha value is -3.62. The van der Waals surface area contributed by atoms with E-state index in [1.807, 2.05) is 36.2 Å². The fourth-order valence-electron chi connectivity index (χ4n) is 5.77. The van der Waals surface area contributed by atoms with Crippen LogP contribution in [0, 0.1) is 11.6 Å². The zero-order valence-electron chi connectivity index (χ0n) is 21.8. The van der Waals surface area contributed by atoms with Gasteiger partial charge < -0.3 is 14.9 Å². The van der Waals surface area contributed by atoms with Gasteiger partial charge in [0.2, 0.25) is 0 Å². The van der Waals surface area contributed by atoms with Gasteiger partial charge in [0.25, 0.3) is 0 Å². The van der Waals surface area contributed by atoms with E-state index in [4.69, 9.17) is 0 Å². The minimum absolute atomic E-state index is 0.0326. The lowest BCUT2D eigenvalue weighted by Crippen LogP contribution is -2.56. The Morgan fingerprint density at radius 1 is 1.05 bits per heavy atom. The summed E-state index contributed by atoms with van der Waals surface area (Å²) in [5.74, 6) is -1.22. The number of carbonyl (C=O) groups is 1. The number of aliphatic hydroxyl groups excluding tert-OH is 1. The molecule has 0 aromatic heterocycles. The summed E-state index contributed by atoms with van der Waals surface area (Å²) >= 11 is 0. The molecule has 1 saturated heterocycles. The number of aliphatic hydroxyl groups is 1. The molecule has 2 heterocycles. The van der Waals surface area contributed by atoms with Gasteiger partial charge in [0.15, 0.2) is 0 Å². The highest BCUT2D eigenvalue weighted by molar-refractivity contribution is 5.96. The average molecular weight is 536 g/mol. The quantitative estimate of drug-likeness (QED) is 0.462. The molecular formula is C31H32F3N3O2. The van der Waals surface area contributed by atoms with Crippen LogP contribution in [0.2, 0.25) is 0 Å². The van der Waals surface area contributed by atoms with Gasteiger partial charge in [-0.15, -0.1) is 0 Å². The molecule has 3 atom stereocenters. The highest BCUT2D eigenvalue weighted by Gasteiger charge is 2.47. The molecule has 5 rings (SSSR count). The van der Waals surface area contributed by atoms with E-state index >= 15 is 0 Å². The predicted molar refractivity (Wildman–Crippen MR) is 146 cm³/mol. The molecule has 2 unspecified atom stereocenters. The summed E-state index contributed by atoms with van der Waals surface area (Å²) in [6, 6.07) is 20.4. The van der Waals surface area contributed by atoms with Crippen LogP contribution in [0.25, 0.3) is 5.57 Å². The summed E-state index contributed by atoms with van der Waals surface area (Å²) in [5.41, 5.74) is 0.315. The van der Waals surface area contributed by atoms with Gasteiger partial charge in [0, 0.05) is 36.8 Å². The van der Waals surface area contributed by atoms with Crippen LogP contribution >= 0.6 is 0 Å². The number of anilines is 1. The van der Waals surface area contributed by atoms with E-state index in [-0.39, 0.29) is 25.1 Å². The van der Waals surface area contributed by atoms with Crippen molar-refractivity contribution in [1.82, 2.24) is 9.80 Å². The van der Waals surface area contributed by atoms with Gasteiger partial charge in [0.1, 0.15) is 23.3 Å². The van der Waals surface area contributed by atoms with Gasteiger partial charge in [-0.1, -0.05) is 48.5 Å². The van der Waals surface area contributed by atoms with Crippen molar-refractivity contribution in [3.63, 3.8) is 0 Å². The molecule has 0 radical (unpaired) electrons. The Kier molecular flexibility index (Phi) is 7.77. The van der Waals surface area contributed by atoms with Gasteiger partial charge in [-0.05, 0) is 67.6 Å². The van der Waals surface area contributed by atoms with Gasteiger partial charge in [-0.25, -0.2) is 18.0 Å². The Labute approximate surface area is 226 Å². The van der Waals surface area contributed by atoms with E-state index in [0.29, 0.717) is 29.8 Å². The van der Waals surface area contributed by atoms with E-state index < -0.39 is 42.0 Å². The third kappa shape index (κ3) is 5.31. The molecule has 3 aromatic carbocycles. The fourth-order valence-corrected chi connectivity index (χ4v) is 5.77. The number of carbonyl (C=O) groups excluding carboxylic acids is 1. The molecule has 2 amide bonds. The number of amides is 2. The number of nitrogens with zero attached hydrogens (tertiary/aromatic N) is 3. The summed E-state index contributed by atoms with van der Waals surface area (Å²) in [5, 5.41) is 10.9. The van der Waals surface area contributed by atoms with Crippen LogP contribution in [-0.2, 0) is 5.54 Å². The number of alkyl halides is 1. The minimum Gasteiger partial charge on any atom is -0.393 e. The minimum atomic E-state index is -1.34. The van der Waals surface area contributed by atoms with Crippen molar-refractivity contribution in [1.29, 1.82) is 0 Å². The molecule has 2 aliphatic heterocycles. The predicted octanol–water partition coefficient (Wildman–Crippen LogP) is 5.61. The SMILES string of the molecule is CN1CCC(N(C(=O)N2CC(c3cc(F)ccc3F)=C[C@@]2(CO)c2ccccc2)c2ccccc2)CC(F)C1. The van der Waals surface area contributed by atoms with Crippen LogP contribution in [0.5, 0.6) is 0 Å². The molecule has 0 saturated carbocycles. The molecule has 1 fully saturated rings. The van der Waals surface area contributed by atoms with E-state index in [2.05, 4.69) is 0 Å². The van der Waals surface area contributed by atoms with Crippen molar-refractivity contribution in [3.8, 4) is 0 Å². The molecular weight excluding hydrogens is 503 g/mol. The molecule has 0 aliphatic carbocycles. The van der Waals surface area contributed by atoms with Gasteiger partial charge in [-0.2, -0.15) is 0 Å². The second kappa shape index (κ2) is 11.2. The van der Waals surface area contributed by atoms with Gasteiger partial charge >= 0.3 is 6.03 Å². The summed E-state index contributed by atoms with van der Waals surface area (Å²) in [6.45, 7) is 0.352. The topological polar surface area (TPSA) is 47.0 Å². The molecule has 0 bridgehead atoms. The summed E-state index contributed by atoms with van der Waals surface area (Å²) in [4.78, 5) is 19.7. The summed E-state index contributed by atoms with van der Waals surface area (Å²) in [7, 11) is 1.86. The highest BCUT2D eigenvalue weighted by atomic mass is 19.1. The molecule has 39 heavy (non-hydrogen) atoms. The first kappa shape index (κ1) is 27.0. The van der Waals surface area contributed by atoms with E-state index in [0.717, 1.165) is 18.2 Å². The highest BCUT2D eigenvalue weighted by Crippen LogP contribution is 2.42. The van der Waals surface area contributed by atoms with E-state index in [1.165, 1.54) is 4.90 Å². The number of halogens is 3. The number of para-hydroxylation sites is 1. The number of hydrogen-bond acceptors (Lipinski definition) is 3. The standard InChI is InChI=1S/C31H32F3N3O2/c1-35-15-14-27(16-25(33)20-35)37(26-10-6-3-7-11-26)30(39)36-19-22(28-17-24(32)12-13-29(28)34)18-31(36,21-38)23-8-4-2-5-9-23/h2-13,17-18,25,27,38H,14-16,19-21H2,1H3/t25?,27?,31-/m1/s1. The maximum Gasteiger partial charge on any atom is 0.326 e. The lowest BCUT2D eigenvalue weighted by atomic mass is 9.89. The molecule has 8 heteroatoms. The third-order valence-electron chi connectivity index (χ3n) is 7.73. The van der Waals surface area contributed by atoms with Gasteiger partial charge in [-0.3, -0.25) is 4.90 Å². The van der Waals surface area contributed by atoms with Crippen LogP contribution in [-0.4, -0.2) is 66.4 Å². The zero-order chi connectivity index (χ0) is 27.6. The first-order valence-electron chi connectivity index (χ1n) is 13.1. The molecule has 0 spiro atoms. The summed E-state index contributed by atoms with van der Waals surface area (Å²) < 4.78 is 44.1. The lowest BCUT2D eigenvalue weighted by molar-refractivity contribution is 0.106. The van der Waals surface area contributed by atoms with Crippen molar-refractivity contribution in [2.75, 3.05) is 38.2 Å². The molecule has 3 aromatic rings. The Bertz CT molecular complexity index is 1340. The van der Waals surface area contributed by atoms with E-state index in [1.54, 1.807) is 47.4 Å². The van der Waals surface area contributed by atoms with Crippen molar-refractivity contribution in [2.45, 2.75) is 30.6 Å². The zero-order valence-corrected chi connectivity index (χ0v) is 21.8. The second-order valence-corrected chi connectivity index (χ2v) is 10.4. The number of rotatable bonds is 5. The smallest absolute Gasteiger partial charge is 0.326 e. The van der Waals surface area contributed by atoms with Crippen LogP contribution in [0.15, 0.2) is 84.9 Å². The number of hydrogen-bond donors (Lipinski definition) is 1. The molecule has 5 nitrogen and oxygen atoms in total. The Morgan fingerprint density at radius 2 is 1.74 bits per heavy atom. The second-order valence-electron chi connectivity index (χ2n) is 10.4. The number of likely N-dealkylation sites (tertiary alicyclic amines) is 1. The number of urea groups is 1. The molecule has 2 aliphatic rings.